The number of aromatic nitrogens is 4. The summed E-state index contributed by atoms with van der Waals surface area (Å²) >= 11 is 6.27. The van der Waals surface area contributed by atoms with Crippen LogP contribution in [0.3, 0.4) is 0 Å². The fraction of sp³-hybridized carbons (Fsp3) is 0.391. The number of fused-ring (bicyclic) bond motifs is 3. The summed E-state index contributed by atoms with van der Waals surface area (Å²) in [5.74, 6) is 3.28. The van der Waals surface area contributed by atoms with Gasteiger partial charge in [-0.25, -0.2) is 4.98 Å². The third kappa shape index (κ3) is 3.02. The van der Waals surface area contributed by atoms with Gasteiger partial charge in [-0.3, -0.25) is 9.36 Å². The molecule has 6 rings (SSSR count). The average molecular weight is 435 g/mol. The van der Waals surface area contributed by atoms with Crippen molar-refractivity contribution in [3.8, 4) is 5.69 Å². The molecule has 2 aromatic heterocycles. The molecule has 0 bridgehead atoms. The van der Waals surface area contributed by atoms with Gasteiger partial charge in [-0.1, -0.05) is 17.7 Å². The van der Waals surface area contributed by atoms with Crippen molar-refractivity contribution in [1.29, 1.82) is 0 Å². The predicted molar refractivity (Wildman–Crippen MR) is 117 cm³/mol. The SMILES string of the molecule is CC(=O)N1Cc2cc(Cl)ccc2-n2c(nnc2C2CC3(C2)CN(c2ccccn2)C3)C1. The number of benzene rings is 1. The Morgan fingerprint density at radius 3 is 2.71 bits per heavy atom. The number of pyridine rings is 1. The molecule has 7 nitrogen and oxygen atoms in total. The highest BCUT2D eigenvalue weighted by Gasteiger charge is 2.54. The Morgan fingerprint density at radius 1 is 1.13 bits per heavy atom. The van der Waals surface area contributed by atoms with Crippen LogP contribution >= 0.6 is 11.6 Å². The summed E-state index contributed by atoms with van der Waals surface area (Å²) in [6, 6.07) is 11.9. The van der Waals surface area contributed by atoms with Gasteiger partial charge in [-0.15, -0.1) is 10.2 Å². The third-order valence-electron chi connectivity index (χ3n) is 6.93. The maximum absolute atomic E-state index is 12.2. The monoisotopic (exact) mass is 434 g/mol. The molecule has 1 saturated carbocycles. The standard InChI is InChI=1S/C23H23ClN6O/c1-15(31)28-11-16-8-18(24)5-6-19(16)30-21(12-28)26-27-22(30)17-9-23(10-17)13-29(14-23)20-4-2-3-7-25-20/h2-8,17H,9-14H2,1H3. The van der Waals surface area contributed by atoms with E-state index in [1.807, 2.05) is 36.5 Å². The highest BCUT2D eigenvalue weighted by Crippen LogP contribution is 2.56. The van der Waals surface area contributed by atoms with Gasteiger partial charge in [0, 0.05) is 49.1 Å². The smallest absolute Gasteiger partial charge is 0.220 e. The number of hydrogen-bond acceptors (Lipinski definition) is 5. The zero-order valence-electron chi connectivity index (χ0n) is 17.3. The zero-order valence-corrected chi connectivity index (χ0v) is 18.1. The number of rotatable bonds is 2. The van der Waals surface area contributed by atoms with Gasteiger partial charge in [0.25, 0.3) is 0 Å². The minimum Gasteiger partial charge on any atom is -0.355 e. The molecule has 2 aliphatic heterocycles. The topological polar surface area (TPSA) is 67.2 Å². The van der Waals surface area contributed by atoms with Crippen LogP contribution in [0.5, 0.6) is 0 Å². The summed E-state index contributed by atoms with van der Waals surface area (Å²) in [6.45, 7) is 4.68. The first-order valence-electron chi connectivity index (χ1n) is 10.7. The van der Waals surface area contributed by atoms with Crippen molar-refractivity contribution in [2.45, 2.75) is 38.8 Å². The summed E-state index contributed by atoms with van der Waals surface area (Å²) < 4.78 is 2.17. The van der Waals surface area contributed by atoms with Gasteiger partial charge in [-0.2, -0.15) is 0 Å². The van der Waals surface area contributed by atoms with E-state index in [0.29, 0.717) is 29.4 Å². The van der Waals surface area contributed by atoms with E-state index in [9.17, 15) is 4.79 Å². The molecule has 4 heterocycles. The lowest BCUT2D eigenvalue weighted by molar-refractivity contribution is -0.130. The molecule has 31 heavy (non-hydrogen) atoms. The van der Waals surface area contributed by atoms with Gasteiger partial charge in [-0.05, 0) is 48.7 Å². The fourth-order valence-electron chi connectivity index (χ4n) is 5.41. The number of nitrogens with zero attached hydrogens (tertiary/aromatic N) is 6. The Bertz CT molecular complexity index is 1160. The van der Waals surface area contributed by atoms with Crippen molar-refractivity contribution in [3.63, 3.8) is 0 Å². The molecule has 3 aromatic rings. The lowest BCUT2D eigenvalue weighted by atomic mass is 9.57. The number of carbonyl (C=O) groups excluding carboxylic acids is 1. The van der Waals surface area contributed by atoms with Crippen LogP contribution in [0, 0.1) is 5.41 Å². The minimum atomic E-state index is 0.0237. The molecule has 1 amide bonds. The lowest BCUT2D eigenvalue weighted by Gasteiger charge is -2.59. The van der Waals surface area contributed by atoms with Crippen LogP contribution in [-0.4, -0.2) is 43.6 Å². The Balaban J connectivity index is 1.27. The van der Waals surface area contributed by atoms with E-state index in [1.54, 1.807) is 11.8 Å². The normalized spacial score (nSPS) is 19.3. The van der Waals surface area contributed by atoms with E-state index < -0.39 is 0 Å². The van der Waals surface area contributed by atoms with Crippen molar-refractivity contribution in [1.82, 2.24) is 24.6 Å². The van der Waals surface area contributed by atoms with Crippen molar-refractivity contribution in [3.05, 3.63) is 64.8 Å². The van der Waals surface area contributed by atoms with Crippen molar-refractivity contribution < 1.29 is 4.79 Å². The Labute approximate surface area is 185 Å². The summed E-state index contributed by atoms with van der Waals surface area (Å²) in [6.07, 6.45) is 4.06. The van der Waals surface area contributed by atoms with Gasteiger partial charge >= 0.3 is 0 Å². The molecule has 0 atom stereocenters. The van der Waals surface area contributed by atoms with Crippen LogP contribution < -0.4 is 4.90 Å². The molecule has 1 saturated heterocycles. The summed E-state index contributed by atoms with van der Waals surface area (Å²) in [4.78, 5) is 20.8. The van der Waals surface area contributed by atoms with Crippen LogP contribution in [0.1, 0.15) is 42.9 Å². The zero-order chi connectivity index (χ0) is 21.2. The van der Waals surface area contributed by atoms with Crippen LogP contribution in [0.25, 0.3) is 5.69 Å². The Morgan fingerprint density at radius 2 is 1.97 bits per heavy atom. The summed E-state index contributed by atoms with van der Waals surface area (Å²) in [5, 5.41) is 9.76. The summed E-state index contributed by atoms with van der Waals surface area (Å²) in [7, 11) is 0. The first-order chi connectivity index (χ1) is 15.0. The number of hydrogen-bond donors (Lipinski definition) is 0. The Hall–Kier alpha value is -2.93. The molecule has 2 fully saturated rings. The van der Waals surface area contributed by atoms with Gasteiger partial charge in [0.05, 0.1) is 12.2 Å². The van der Waals surface area contributed by atoms with E-state index >= 15 is 0 Å². The first-order valence-corrected chi connectivity index (χ1v) is 11.0. The number of carbonyl (C=O) groups is 1. The van der Waals surface area contributed by atoms with Crippen LogP contribution in [0.4, 0.5) is 5.82 Å². The van der Waals surface area contributed by atoms with Crippen molar-refractivity contribution >= 4 is 23.3 Å². The number of anilines is 1. The highest BCUT2D eigenvalue weighted by molar-refractivity contribution is 6.30. The molecule has 1 aromatic carbocycles. The molecular formula is C23H23ClN6O. The molecule has 0 unspecified atom stereocenters. The average Bonchev–Trinajstić information content (AvgIpc) is 3.02. The molecule has 8 heteroatoms. The molecule has 158 valence electrons. The molecule has 3 aliphatic rings. The minimum absolute atomic E-state index is 0.0237. The maximum atomic E-state index is 12.2. The Kier molecular flexibility index (Phi) is 4.12. The molecule has 1 spiro atoms. The van der Waals surface area contributed by atoms with E-state index in [-0.39, 0.29) is 5.91 Å². The van der Waals surface area contributed by atoms with Crippen LogP contribution in [0.2, 0.25) is 5.02 Å². The highest BCUT2D eigenvalue weighted by atomic mass is 35.5. The fourth-order valence-corrected chi connectivity index (χ4v) is 5.60. The second kappa shape index (κ2) is 6.79. The molecular weight excluding hydrogens is 412 g/mol. The van der Waals surface area contributed by atoms with Crippen molar-refractivity contribution in [2.75, 3.05) is 18.0 Å². The number of halogens is 1. The second-order valence-corrected chi connectivity index (χ2v) is 9.54. The van der Waals surface area contributed by atoms with Gasteiger partial charge in [0.1, 0.15) is 11.6 Å². The van der Waals surface area contributed by atoms with Gasteiger partial charge in [0.2, 0.25) is 5.91 Å². The summed E-state index contributed by atoms with van der Waals surface area (Å²) in [5.41, 5.74) is 2.42. The molecule has 0 N–H and O–H groups in total. The van der Waals surface area contributed by atoms with Gasteiger partial charge in [0.15, 0.2) is 5.82 Å². The quantitative estimate of drug-likeness (QED) is 0.617. The lowest BCUT2D eigenvalue weighted by Crippen LogP contribution is -2.62. The van der Waals surface area contributed by atoms with E-state index in [0.717, 1.165) is 54.6 Å². The predicted octanol–water partition coefficient (Wildman–Crippen LogP) is 3.56. The maximum Gasteiger partial charge on any atom is 0.220 e. The van der Waals surface area contributed by atoms with E-state index in [4.69, 9.17) is 11.6 Å². The number of amides is 1. The third-order valence-corrected chi connectivity index (χ3v) is 7.16. The van der Waals surface area contributed by atoms with Crippen LogP contribution in [0.15, 0.2) is 42.6 Å². The molecule has 0 radical (unpaired) electrons. The van der Waals surface area contributed by atoms with Crippen molar-refractivity contribution in [2.24, 2.45) is 5.41 Å². The van der Waals surface area contributed by atoms with E-state index in [1.165, 1.54) is 0 Å². The molecule has 1 aliphatic carbocycles. The van der Waals surface area contributed by atoms with Crippen LogP contribution in [-0.2, 0) is 17.9 Å². The van der Waals surface area contributed by atoms with E-state index in [2.05, 4.69) is 30.7 Å². The van der Waals surface area contributed by atoms with Gasteiger partial charge < -0.3 is 9.80 Å². The first kappa shape index (κ1) is 18.8. The largest absolute Gasteiger partial charge is 0.355 e. The second-order valence-electron chi connectivity index (χ2n) is 9.11.